The lowest BCUT2D eigenvalue weighted by Crippen LogP contribution is -2.01. The van der Waals surface area contributed by atoms with Crippen molar-refractivity contribution in [2.24, 2.45) is 0 Å². The second-order valence-electron chi connectivity index (χ2n) is 2.72. The molecule has 0 unspecified atom stereocenters. The van der Waals surface area contributed by atoms with Crippen LogP contribution in [-0.2, 0) is 0 Å². The lowest BCUT2D eigenvalue weighted by atomic mass is 10.4. The normalized spacial score (nSPS) is 10.3. The van der Waals surface area contributed by atoms with Crippen molar-refractivity contribution in [2.45, 2.75) is 17.3 Å². The summed E-state index contributed by atoms with van der Waals surface area (Å²) in [5.41, 5.74) is -0.0752. The summed E-state index contributed by atoms with van der Waals surface area (Å²) in [4.78, 5) is 18.3. The van der Waals surface area contributed by atoms with Gasteiger partial charge in [-0.2, -0.15) is 0 Å². The SMILES string of the molecule is Cc1nnc(Sc2nccc(C(=O)O)n2)o1. The number of aromatic carboxylic acids is 1. The van der Waals surface area contributed by atoms with Crippen molar-refractivity contribution < 1.29 is 14.3 Å². The van der Waals surface area contributed by atoms with Crippen LogP contribution in [0.15, 0.2) is 27.1 Å². The molecule has 0 bridgehead atoms. The molecule has 0 spiro atoms. The van der Waals surface area contributed by atoms with Crippen LogP contribution < -0.4 is 0 Å². The minimum atomic E-state index is -1.11. The van der Waals surface area contributed by atoms with Crippen molar-refractivity contribution in [1.29, 1.82) is 0 Å². The van der Waals surface area contributed by atoms with Gasteiger partial charge in [-0.1, -0.05) is 0 Å². The minimum Gasteiger partial charge on any atom is -0.477 e. The fourth-order valence-electron chi connectivity index (χ4n) is 0.907. The Bertz CT molecular complexity index is 528. The zero-order valence-electron chi connectivity index (χ0n) is 8.12. The maximum Gasteiger partial charge on any atom is 0.354 e. The highest BCUT2D eigenvalue weighted by Crippen LogP contribution is 2.22. The first-order valence-corrected chi connectivity index (χ1v) is 5.01. The number of rotatable bonds is 3. The van der Waals surface area contributed by atoms with Crippen LogP contribution in [0.2, 0.25) is 0 Å². The molecule has 0 saturated heterocycles. The van der Waals surface area contributed by atoms with Crippen LogP contribution in [0.5, 0.6) is 0 Å². The van der Waals surface area contributed by atoms with Crippen molar-refractivity contribution in [3.8, 4) is 0 Å². The van der Waals surface area contributed by atoms with Gasteiger partial charge in [0.25, 0.3) is 5.22 Å². The van der Waals surface area contributed by atoms with Crippen LogP contribution in [0, 0.1) is 6.92 Å². The molecule has 0 radical (unpaired) electrons. The van der Waals surface area contributed by atoms with E-state index in [1.807, 2.05) is 0 Å². The number of hydrogen-bond acceptors (Lipinski definition) is 7. The first-order valence-electron chi connectivity index (χ1n) is 4.19. The molecule has 0 aliphatic heterocycles. The topological polar surface area (TPSA) is 102 Å². The summed E-state index contributed by atoms with van der Waals surface area (Å²) < 4.78 is 5.10. The molecular weight excluding hydrogens is 232 g/mol. The van der Waals surface area contributed by atoms with Crippen LogP contribution in [0.1, 0.15) is 16.4 Å². The Kier molecular flexibility index (Phi) is 2.82. The van der Waals surface area contributed by atoms with E-state index < -0.39 is 5.97 Å². The van der Waals surface area contributed by atoms with Gasteiger partial charge in [0, 0.05) is 24.9 Å². The summed E-state index contributed by atoms with van der Waals surface area (Å²) in [6.45, 7) is 1.66. The minimum absolute atomic E-state index is 0.0752. The Morgan fingerprint density at radius 1 is 1.50 bits per heavy atom. The van der Waals surface area contributed by atoms with E-state index >= 15 is 0 Å². The number of carboxylic acid groups (broad SMARTS) is 1. The van der Waals surface area contributed by atoms with Crippen LogP contribution in [-0.4, -0.2) is 31.2 Å². The summed E-state index contributed by atoms with van der Waals surface area (Å²) in [5.74, 6) is -0.678. The summed E-state index contributed by atoms with van der Waals surface area (Å²) in [6, 6.07) is 1.31. The van der Waals surface area contributed by atoms with Crippen molar-refractivity contribution in [1.82, 2.24) is 20.2 Å². The molecule has 16 heavy (non-hydrogen) atoms. The fraction of sp³-hybridized carbons (Fsp3) is 0.125. The van der Waals surface area contributed by atoms with Gasteiger partial charge in [0.2, 0.25) is 5.89 Å². The third-order valence-corrected chi connectivity index (χ3v) is 2.26. The molecule has 0 atom stereocenters. The molecule has 0 saturated carbocycles. The highest BCUT2D eigenvalue weighted by molar-refractivity contribution is 7.98. The summed E-state index contributed by atoms with van der Waals surface area (Å²) >= 11 is 1.01. The second kappa shape index (κ2) is 4.27. The van der Waals surface area contributed by atoms with Gasteiger partial charge in [-0.05, 0) is 6.07 Å². The number of aromatic nitrogens is 4. The smallest absolute Gasteiger partial charge is 0.354 e. The van der Waals surface area contributed by atoms with Gasteiger partial charge in [0.15, 0.2) is 10.9 Å². The molecule has 2 aromatic heterocycles. The number of carbonyl (C=O) groups is 1. The summed E-state index contributed by atoms with van der Waals surface area (Å²) in [7, 11) is 0. The van der Waals surface area contributed by atoms with Crippen LogP contribution in [0.4, 0.5) is 0 Å². The molecule has 0 aromatic carbocycles. The lowest BCUT2D eigenvalue weighted by molar-refractivity contribution is 0.0689. The average Bonchev–Trinajstić information content (AvgIpc) is 2.64. The number of carboxylic acids is 1. The van der Waals surface area contributed by atoms with Gasteiger partial charge in [-0.3, -0.25) is 0 Å². The van der Waals surface area contributed by atoms with E-state index in [0.717, 1.165) is 11.8 Å². The van der Waals surface area contributed by atoms with E-state index in [1.165, 1.54) is 12.3 Å². The fourth-order valence-corrected chi connectivity index (χ4v) is 1.56. The Balaban J connectivity index is 2.21. The van der Waals surface area contributed by atoms with Crippen LogP contribution in [0.3, 0.4) is 0 Å². The van der Waals surface area contributed by atoms with Gasteiger partial charge in [-0.15, -0.1) is 10.2 Å². The van der Waals surface area contributed by atoms with E-state index in [4.69, 9.17) is 9.52 Å². The van der Waals surface area contributed by atoms with E-state index in [2.05, 4.69) is 20.2 Å². The summed E-state index contributed by atoms with van der Waals surface area (Å²) in [6.07, 6.45) is 1.36. The molecule has 2 heterocycles. The zero-order valence-corrected chi connectivity index (χ0v) is 8.93. The Labute approximate surface area is 93.9 Å². The first kappa shape index (κ1) is 10.6. The molecular formula is C8H6N4O3S. The first-order chi connectivity index (χ1) is 7.65. The standard InChI is InChI=1S/C8H6N4O3S/c1-4-11-12-8(15-4)16-7-9-3-2-5(10-7)6(13)14/h2-3H,1H3,(H,13,14). The van der Waals surface area contributed by atoms with Gasteiger partial charge >= 0.3 is 5.97 Å². The summed E-state index contributed by atoms with van der Waals surface area (Å²) in [5, 5.41) is 16.6. The monoisotopic (exact) mass is 238 g/mol. The van der Waals surface area contributed by atoms with Gasteiger partial charge in [0.05, 0.1) is 0 Å². The highest BCUT2D eigenvalue weighted by atomic mass is 32.2. The van der Waals surface area contributed by atoms with E-state index in [1.54, 1.807) is 6.92 Å². The zero-order chi connectivity index (χ0) is 11.5. The van der Waals surface area contributed by atoms with Gasteiger partial charge < -0.3 is 9.52 Å². The Hall–Kier alpha value is -1.96. The number of nitrogens with zero attached hydrogens (tertiary/aromatic N) is 4. The Morgan fingerprint density at radius 3 is 2.94 bits per heavy atom. The molecule has 0 fully saturated rings. The molecule has 8 heteroatoms. The van der Waals surface area contributed by atoms with E-state index in [9.17, 15) is 4.79 Å². The number of aryl methyl sites for hydroxylation is 1. The molecule has 2 rings (SSSR count). The predicted molar refractivity (Wildman–Crippen MR) is 52.1 cm³/mol. The molecule has 7 nitrogen and oxygen atoms in total. The van der Waals surface area contributed by atoms with Gasteiger partial charge in [-0.25, -0.2) is 14.8 Å². The van der Waals surface area contributed by atoms with Crippen molar-refractivity contribution in [3.05, 3.63) is 23.8 Å². The molecule has 1 N–H and O–H groups in total. The lowest BCUT2D eigenvalue weighted by Gasteiger charge is -1.96. The second-order valence-corrected chi connectivity index (χ2v) is 3.64. The van der Waals surface area contributed by atoms with E-state index in [-0.39, 0.29) is 16.1 Å². The van der Waals surface area contributed by atoms with Gasteiger partial charge in [0.1, 0.15) is 0 Å². The maximum atomic E-state index is 10.7. The molecule has 0 aliphatic rings. The molecule has 0 aliphatic carbocycles. The largest absolute Gasteiger partial charge is 0.477 e. The predicted octanol–water partition coefficient (Wildman–Crippen LogP) is 1.02. The molecule has 2 aromatic rings. The van der Waals surface area contributed by atoms with Crippen LogP contribution >= 0.6 is 11.8 Å². The Morgan fingerprint density at radius 2 is 2.31 bits per heavy atom. The molecule has 82 valence electrons. The van der Waals surface area contributed by atoms with Crippen molar-refractivity contribution >= 4 is 17.7 Å². The average molecular weight is 238 g/mol. The third kappa shape index (κ3) is 2.34. The molecule has 0 amide bonds. The van der Waals surface area contributed by atoms with Crippen LogP contribution in [0.25, 0.3) is 0 Å². The maximum absolute atomic E-state index is 10.7. The van der Waals surface area contributed by atoms with Crippen molar-refractivity contribution in [2.75, 3.05) is 0 Å². The number of hydrogen-bond donors (Lipinski definition) is 1. The third-order valence-electron chi connectivity index (χ3n) is 1.54. The van der Waals surface area contributed by atoms with Crippen molar-refractivity contribution in [3.63, 3.8) is 0 Å². The quantitative estimate of drug-likeness (QED) is 0.790. The van der Waals surface area contributed by atoms with E-state index in [0.29, 0.717) is 5.89 Å². The highest BCUT2D eigenvalue weighted by Gasteiger charge is 2.10.